The second kappa shape index (κ2) is 10.8. The molecule has 0 unspecified atom stereocenters. The standard InChI is InChI=1S/C25H32FN5O3/c1-29(20-6-3-2-4-7-20)23(32)12-13-27-24(33)21-16-22-25(34)30(14-5-15-31(22)28-21)17-18-8-10-19(26)11-9-18/h8-11,16,20H,2-7,12-15,17H2,1H3,(H,27,33). The van der Waals surface area contributed by atoms with Crippen molar-refractivity contribution in [2.75, 3.05) is 20.1 Å². The quantitative estimate of drug-likeness (QED) is 0.675. The summed E-state index contributed by atoms with van der Waals surface area (Å²) in [6.45, 7) is 1.67. The van der Waals surface area contributed by atoms with Crippen LogP contribution >= 0.6 is 0 Å². The summed E-state index contributed by atoms with van der Waals surface area (Å²) in [6, 6.07) is 7.89. The molecule has 34 heavy (non-hydrogen) atoms. The van der Waals surface area contributed by atoms with Gasteiger partial charge in [0.2, 0.25) is 5.91 Å². The normalized spacial score (nSPS) is 16.6. The molecule has 4 rings (SSSR count). The highest BCUT2D eigenvalue weighted by molar-refractivity contribution is 5.98. The Balaban J connectivity index is 1.33. The third kappa shape index (κ3) is 5.63. The minimum Gasteiger partial charge on any atom is -0.350 e. The molecule has 1 aromatic carbocycles. The maximum absolute atomic E-state index is 13.2. The monoisotopic (exact) mass is 469 g/mol. The topological polar surface area (TPSA) is 87.5 Å². The van der Waals surface area contributed by atoms with Gasteiger partial charge in [0.15, 0.2) is 5.69 Å². The van der Waals surface area contributed by atoms with Crippen LogP contribution in [-0.4, -0.2) is 63.5 Å². The van der Waals surface area contributed by atoms with Crippen molar-refractivity contribution in [3.8, 4) is 0 Å². The first-order valence-corrected chi connectivity index (χ1v) is 12.1. The Morgan fingerprint density at radius 3 is 2.59 bits per heavy atom. The number of carbonyl (C=O) groups is 3. The molecule has 2 heterocycles. The Labute approximate surface area is 199 Å². The van der Waals surface area contributed by atoms with E-state index >= 15 is 0 Å². The number of hydrogen-bond acceptors (Lipinski definition) is 4. The van der Waals surface area contributed by atoms with Gasteiger partial charge < -0.3 is 15.1 Å². The Kier molecular flexibility index (Phi) is 7.59. The van der Waals surface area contributed by atoms with Crippen molar-refractivity contribution in [1.29, 1.82) is 0 Å². The van der Waals surface area contributed by atoms with Gasteiger partial charge in [-0.05, 0) is 37.0 Å². The van der Waals surface area contributed by atoms with Crippen molar-refractivity contribution in [1.82, 2.24) is 24.9 Å². The van der Waals surface area contributed by atoms with Crippen LogP contribution in [0.15, 0.2) is 30.3 Å². The van der Waals surface area contributed by atoms with Gasteiger partial charge in [0.25, 0.3) is 11.8 Å². The van der Waals surface area contributed by atoms with Gasteiger partial charge in [-0.15, -0.1) is 0 Å². The van der Waals surface area contributed by atoms with Gasteiger partial charge in [0.05, 0.1) is 0 Å². The number of hydrogen-bond donors (Lipinski definition) is 1. The molecular formula is C25H32FN5O3. The summed E-state index contributed by atoms with van der Waals surface area (Å²) in [5.41, 5.74) is 1.36. The zero-order chi connectivity index (χ0) is 24.1. The first kappa shape index (κ1) is 23.9. The average molecular weight is 470 g/mol. The van der Waals surface area contributed by atoms with Crippen LogP contribution in [0.1, 0.15) is 71.5 Å². The first-order chi connectivity index (χ1) is 16.4. The SMILES string of the molecule is CN(C(=O)CCNC(=O)c1cc2n(n1)CCCN(Cc1ccc(F)cc1)C2=O)C1CCCCC1. The molecule has 0 bridgehead atoms. The van der Waals surface area contributed by atoms with E-state index in [-0.39, 0.29) is 36.3 Å². The summed E-state index contributed by atoms with van der Waals surface area (Å²) in [4.78, 5) is 41.7. The van der Waals surface area contributed by atoms with E-state index in [9.17, 15) is 18.8 Å². The van der Waals surface area contributed by atoms with Crippen LogP contribution in [0.5, 0.6) is 0 Å². The predicted octanol–water partition coefficient (Wildman–Crippen LogP) is 2.98. The van der Waals surface area contributed by atoms with Gasteiger partial charge >= 0.3 is 0 Å². The van der Waals surface area contributed by atoms with E-state index in [2.05, 4.69) is 10.4 Å². The molecule has 2 aliphatic rings. The fourth-order valence-corrected chi connectivity index (χ4v) is 4.73. The van der Waals surface area contributed by atoms with Crippen LogP contribution in [0.2, 0.25) is 0 Å². The third-order valence-corrected chi connectivity index (χ3v) is 6.74. The van der Waals surface area contributed by atoms with E-state index in [1.165, 1.54) is 24.6 Å². The van der Waals surface area contributed by atoms with E-state index in [4.69, 9.17) is 0 Å². The Morgan fingerprint density at radius 2 is 1.85 bits per heavy atom. The van der Waals surface area contributed by atoms with E-state index in [1.807, 2.05) is 11.9 Å². The number of nitrogens with one attached hydrogen (secondary N) is 1. The zero-order valence-corrected chi connectivity index (χ0v) is 19.6. The molecule has 3 amide bonds. The Bertz CT molecular complexity index is 1030. The molecule has 1 aromatic heterocycles. The van der Waals surface area contributed by atoms with Crippen molar-refractivity contribution >= 4 is 17.7 Å². The van der Waals surface area contributed by atoms with Crippen molar-refractivity contribution in [3.63, 3.8) is 0 Å². The Hall–Kier alpha value is -3.23. The zero-order valence-electron chi connectivity index (χ0n) is 19.6. The lowest BCUT2D eigenvalue weighted by molar-refractivity contribution is -0.132. The number of benzene rings is 1. The van der Waals surface area contributed by atoms with Crippen molar-refractivity contribution in [2.24, 2.45) is 0 Å². The van der Waals surface area contributed by atoms with Gasteiger partial charge in [0, 0.05) is 51.8 Å². The average Bonchev–Trinajstić information content (AvgIpc) is 3.22. The second-order valence-electron chi connectivity index (χ2n) is 9.15. The van der Waals surface area contributed by atoms with Crippen LogP contribution in [0.4, 0.5) is 4.39 Å². The number of fused-ring (bicyclic) bond motifs is 1. The molecule has 0 radical (unpaired) electrons. The Morgan fingerprint density at radius 1 is 1.12 bits per heavy atom. The molecule has 0 spiro atoms. The largest absolute Gasteiger partial charge is 0.350 e. The number of carbonyl (C=O) groups excluding carboxylic acids is 3. The van der Waals surface area contributed by atoms with Crippen LogP contribution in [-0.2, 0) is 17.9 Å². The fourth-order valence-electron chi connectivity index (χ4n) is 4.73. The number of aryl methyl sites for hydroxylation is 1. The molecule has 0 atom stereocenters. The van der Waals surface area contributed by atoms with Crippen molar-refractivity contribution < 1.29 is 18.8 Å². The molecule has 1 N–H and O–H groups in total. The smallest absolute Gasteiger partial charge is 0.272 e. The van der Waals surface area contributed by atoms with Gasteiger partial charge in [-0.25, -0.2) is 4.39 Å². The van der Waals surface area contributed by atoms with Crippen molar-refractivity contribution in [3.05, 3.63) is 53.1 Å². The lowest BCUT2D eigenvalue weighted by Crippen LogP contribution is -2.39. The highest BCUT2D eigenvalue weighted by atomic mass is 19.1. The maximum Gasteiger partial charge on any atom is 0.272 e. The maximum atomic E-state index is 13.2. The van der Waals surface area contributed by atoms with E-state index in [0.29, 0.717) is 37.8 Å². The van der Waals surface area contributed by atoms with Crippen LogP contribution in [0.3, 0.4) is 0 Å². The molecule has 1 aliphatic heterocycles. The van der Waals surface area contributed by atoms with Crippen LogP contribution in [0.25, 0.3) is 0 Å². The highest BCUT2D eigenvalue weighted by Gasteiger charge is 2.27. The number of rotatable bonds is 7. The first-order valence-electron chi connectivity index (χ1n) is 12.1. The molecule has 8 nitrogen and oxygen atoms in total. The van der Waals surface area contributed by atoms with Gasteiger partial charge in [-0.1, -0.05) is 31.4 Å². The molecule has 9 heteroatoms. The second-order valence-corrected chi connectivity index (χ2v) is 9.15. The minimum atomic E-state index is -0.397. The summed E-state index contributed by atoms with van der Waals surface area (Å²) in [6.07, 6.45) is 6.56. The molecule has 0 saturated heterocycles. The highest BCUT2D eigenvalue weighted by Crippen LogP contribution is 2.22. The van der Waals surface area contributed by atoms with Crippen LogP contribution in [0, 0.1) is 5.82 Å². The van der Waals surface area contributed by atoms with E-state index in [1.54, 1.807) is 21.7 Å². The number of amides is 3. The molecular weight excluding hydrogens is 437 g/mol. The molecule has 2 aromatic rings. The van der Waals surface area contributed by atoms with Gasteiger partial charge in [0.1, 0.15) is 11.5 Å². The van der Waals surface area contributed by atoms with E-state index < -0.39 is 5.91 Å². The van der Waals surface area contributed by atoms with Gasteiger partial charge in [-0.3, -0.25) is 19.1 Å². The van der Waals surface area contributed by atoms with Gasteiger partial charge in [-0.2, -0.15) is 5.10 Å². The summed E-state index contributed by atoms with van der Waals surface area (Å²) < 4.78 is 14.8. The fraction of sp³-hybridized carbons (Fsp3) is 0.520. The summed E-state index contributed by atoms with van der Waals surface area (Å²) >= 11 is 0. The predicted molar refractivity (Wildman–Crippen MR) is 125 cm³/mol. The van der Waals surface area contributed by atoms with Crippen LogP contribution < -0.4 is 5.32 Å². The summed E-state index contributed by atoms with van der Waals surface area (Å²) in [5, 5.41) is 7.09. The molecule has 1 aliphatic carbocycles. The third-order valence-electron chi connectivity index (χ3n) is 6.74. The van der Waals surface area contributed by atoms with Crippen molar-refractivity contribution in [2.45, 2.75) is 64.1 Å². The number of aromatic nitrogens is 2. The lowest BCUT2D eigenvalue weighted by Gasteiger charge is -2.31. The summed E-state index contributed by atoms with van der Waals surface area (Å²) in [7, 11) is 1.84. The van der Waals surface area contributed by atoms with E-state index in [0.717, 1.165) is 31.2 Å². The molecule has 1 fully saturated rings. The number of nitrogens with zero attached hydrogens (tertiary/aromatic N) is 4. The lowest BCUT2D eigenvalue weighted by atomic mass is 9.94. The summed E-state index contributed by atoms with van der Waals surface area (Å²) in [5.74, 6) is -0.898. The minimum absolute atomic E-state index is 0.0273. The molecule has 1 saturated carbocycles. The number of halogens is 1. The molecule has 182 valence electrons.